The summed E-state index contributed by atoms with van der Waals surface area (Å²) in [5, 5.41) is 10.1. The molecule has 1 aliphatic carbocycles. The third-order valence-electron chi connectivity index (χ3n) is 3.78. The number of sulfonamides is 1. The molecule has 1 fully saturated rings. The lowest BCUT2D eigenvalue weighted by Gasteiger charge is -2.34. The van der Waals surface area contributed by atoms with Gasteiger partial charge in [0.05, 0.1) is 30.3 Å². The van der Waals surface area contributed by atoms with Crippen LogP contribution in [-0.2, 0) is 14.8 Å². The zero-order valence-electron chi connectivity index (χ0n) is 12.2. The fraction of sp³-hybridized carbons (Fsp3) is 0.571. The van der Waals surface area contributed by atoms with Crippen molar-refractivity contribution in [2.75, 3.05) is 14.2 Å². The summed E-state index contributed by atoms with van der Waals surface area (Å²) in [4.78, 5) is 0.148. The van der Waals surface area contributed by atoms with Gasteiger partial charge in [-0.25, -0.2) is 13.1 Å². The van der Waals surface area contributed by atoms with E-state index in [1.54, 1.807) is 12.1 Å². The second-order valence-electron chi connectivity index (χ2n) is 5.10. The molecule has 0 unspecified atom stereocenters. The minimum atomic E-state index is -3.67. The molecule has 21 heavy (non-hydrogen) atoms. The number of rotatable bonds is 5. The monoisotopic (exact) mass is 315 g/mol. The molecule has 1 saturated carbocycles. The zero-order valence-corrected chi connectivity index (χ0v) is 13.0. The first kappa shape index (κ1) is 16.2. The lowest BCUT2D eigenvalue weighted by atomic mass is 9.91. The van der Waals surface area contributed by atoms with E-state index in [9.17, 15) is 13.5 Å². The molecule has 0 aromatic heterocycles. The molecule has 0 spiro atoms. The molecule has 7 heteroatoms. The van der Waals surface area contributed by atoms with Gasteiger partial charge in [0.1, 0.15) is 5.75 Å². The van der Waals surface area contributed by atoms with E-state index < -0.39 is 22.2 Å². The van der Waals surface area contributed by atoms with Crippen molar-refractivity contribution in [3.8, 4) is 5.75 Å². The van der Waals surface area contributed by atoms with Crippen LogP contribution in [0.2, 0.25) is 0 Å². The van der Waals surface area contributed by atoms with Gasteiger partial charge in [-0.3, -0.25) is 0 Å². The van der Waals surface area contributed by atoms with Gasteiger partial charge in [0, 0.05) is 7.11 Å². The molecule has 0 bridgehead atoms. The fourth-order valence-corrected chi connectivity index (χ4v) is 3.83. The number of hydrogen-bond donors (Lipinski definition) is 2. The summed E-state index contributed by atoms with van der Waals surface area (Å²) < 4.78 is 37.4. The lowest BCUT2D eigenvalue weighted by molar-refractivity contribution is -0.0487. The molecule has 1 aromatic rings. The van der Waals surface area contributed by atoms with Crippen LogP contribution in [-0.4, -0.2) is 46.0 Å². The molecule has 1 aliphatic rings. The van der Waals surface area contributed by atoms with Crippen molar-refractivity contribution in [1.29, 1.82) is 0 Å². The number of hydrogen-bond acceptors (Lipinski definition) is 5. The van der Waals surface area contributed by atoms with E-state index in [1.165, 1.54) is 26.4 Å². The maximum atomic E-state index is 12.3. The molecule has 0 amide bonds. The van der Waals surface area contributed by atoms with E-state index in [0.29, 0.717) is 12.2 Å². The Balaban J connectivity index is 2.12. The maximum Gasteiger partial charge on any atom is 0.240 e. The first-order valence-corrected chi connectivity index (χ1v) is 8.33. The highest BCUT2D eigenvalue weighted by Crippen LogP contribution is 2.23. The molecule has 0 radical (unpaired) electrons. The number of benzene rings is 1. The van der Waals surface area contributed by atoms with Crippen molar-refractivity contribution >= 4 is 10.0 Å². The number of nitrogens with one attached hydrogen (secondary N) is 1. The molecular weight excluding hydrogens is 294 g/mol. The van der Waals surface area contributed by atoms with Crippen LogP contribution >= 0.6 is 0 Å². The van der Waals surface area contributed by atoms with E-state index in [0.717, 1.165) is 12.8 Å². The zero-order chi connectivity index (χ0) is 15.5. The van der Waals surface area contributed by atoms with Crippen LogP contribution < -0.4 is 9.46 Å². The highest BCUT2D eigenvalue weighted by atomic mass is 32.2. The predicted octanol–water partition coefficient (Wildman–Crippen LogP) is 0.902. The van der Waals surface area contributed by atoms with Crippen molar-refractivity contribution < 1.29 is 23.0 Å². The highest BCUT2D eigenvalue weighted by molar-refractivity contribution is 7.89. The minimum Gasteiger partial charge on any atom is -0.497 e. The Morgan fingerprint density at radius 2 is 1.86 bits per heavy atom. The third kappa shape index (κ3) is 3.74. The first-order chi connectivity index (χ1) is 9.97. The highest BCUT2D eigenvalue weighted by Gasteiger charge is 2.34. The van der Waals surface area contributed by atoms with Gasteiger partial charge in [-0.2, -0.15) is 0 Å². The molecule has 2 rings (SSSR count). The fourth-order valence-electron chi connectivity index (χ4n) is 2.55. The van der Waals surface area contributed by atoms with Gasteiger partial charge in [0.25, 0.3) is 0 Å². The van der Waals surface area contributed by atoms with E-state index >= 15 is 0 Å². The van der Waals surface area contributed by atoms with Crippen molar-refractivity contribution in [2.45, 2.75) is 42.4 Å². The van der Waals surface area contributed by atoms with Gasteiger partial charge in [-0.1, -0.05) is 0 Å². The van der Waals surface area contributed by atoms with Gasteiger partial charge in [-0.05, 0) is 43.5 Å². The lowest BCUT2D eigenvalue weighted by Crippen LogP contribution is -2.51. The van der Waals surface area contributed by atoms with E-state index in [1.807, 2.05) is 0 Å². The normalized spacial score (nSPS) is 26.5. The Morgan fingerprint density at radius 1 is 1.19 bits per heavy atom. The molecule has 1 aromatic carbocycles. The van der Waals surface area contributed by atoms with Crippen molar-refractivity contribution in [1.82, 2.24) is 4.72 Å². The van der Waals surface area contributed by atoms with Crippen molar-refractivity contribution in [2.24, 2.45) is 0 Å². The molecule has 2 N–H and O–H groups in total. The smallest absolute Gasteiger partial charge is 0.240 e. The molecule has 0 saturated heterocycles. The number of ether oxygens (including phenoxy) is 2. The summed E-state index contributed by atoms with van der Waals surface area (Å²) in [7, 11) is -0.630. The summed E-state index contributed by atoms with van der Waals surface area (Å²) in [6.45, 7) is 0. The van der Waals surface area contributed by atoms with Gasteiger partial charge in [-0.15, -0.1) is 0 Å². The van der Waals surface area contributed by atoms with Crippen LogP contribution in [0.25, 0.3) is 0 Å². The van der Waals surface area contributed by atoms with Gasteiger partial charge in [0.2, 0.25) is 10.0 Å². The Morgan fingerprint density at radius 3 is 2.43 bits per heavy atom. The van der Waals surface area contributed by atoms with Crippen LogP contribution in [0.5, 0.6) is 5.75 Å². The number of methoxy groups -OCH3 is 2. The molecule has 0 heterocycles. The van der Waals surface area contributed by atoms with Crippen LogP contribution in [0.3, 0.4) is 0 Å². The van der Waals surface area contributed by atoms with Gasteiger partial charge >= 0.3 is 0 Å². The van der Waals surface area contributed by atoms with Crippen LogP contribution in [0.1, 0.15) is 19.3 Å². The molecule has 0 aliphatic heterocycles. The maximum absolute atomic E-state index is 12.3. The largest absolute Gasteiger partial charge is 0.497 e. The Hall–Kier alpha value is -1.15. The third-order valence-corrected chi connectivity index (χ3v) is 5.28. The Bertz CT molecular complexity index is 557. The first-order valence-electron chi connectivity index (χ1n) is 6.85. The summed E-state index contributed by atoms with van der Waals surface area (Å²) in [5.74, 6) is 0.589. The predicted molar refractivity (Wildman–Crippen MR) is 77.8 cm³/mol. The van der Waals surface area contributed by atoms with Crippen molar-refractivity contribution in [3.05, 3.63) is 24.3 Å². The number of aliphatic hydroxyl groups is 1. The van der Waals surface area contributed by atoms with Crippen LogP contribution in [0.4, 0.5) is 0 Å². The average molecular weight is 315 g/mol. The summed E-state index contributed by atoms with van der Waals surface area (Å²) in [6.07, 6.45) is 0.972. The van der Waals surface area contributed by atoms with Gasteiger partial charge < -0.3 is 14.6 Å². The summed E-state index contributed by atoms with van der Waals surface area (Å²) in [5.41, 5.74) is 0. The van der Waals surface area contributed by atoms with Crippen molar-refractivity contribution in [3.63, 3.8) is 0 Å². The molecular formula is C14H21NO5S. The molecule has 3 atom stereocenters. The topological polar surface area (TPSA) is 84.9 Å². The average Bonchev–Trinajstić information content (AvgIpc) is 2.49. The Labute approximate surface area is 125 Å². The van der Waals surface area contributed by atoms with Crippen LogP contribution in [0, 0.1) is 0 Å². The minimum absolute atomic E-state index is 0.148. The van der Waals surface area contributed by atoms with E-state index in [4.69, 9.17) is 9.47 Å². The summed E-state index contributed by atoms with van der Waals surface area (Å²) in [6, 6.07) is 5.60. The summed E-state index contributed by atoms with van der Waals surface area (Å²) >= 11 is 0. The second kappa shape index (κ2) is 6.74. The molecule has 118 valence electrons. The standard InChI is InChI=1S/C14H21NO5S/c1-19-10-6-8-11(9-7-10)21(17,18)15-12-4-3-5-13(20-2)14(12)16/h6-9,12-16H,3-5H2,1-2H3/t12-,13-,14-/m1/s1. The van der Waals surface area contributed by atoms with E-state index in [-0.39, 0.29) is 11.0 Å². The SMILES string of the molecule is COc1ccc(S(=O)(=O)N[C@@H]2CCC[C@@H](OC)[C@@H]2O)cc1. The number of aliphatic hydroxyl groups excluding tert-OH is 1. The quantitative estimate of drug-likeness (QED) is 0.843. The molecule has 6 nitrogen and oxygen atoms in total. The Kier molecular flexibility index (Phi) is 5.21. The van der Waals surface area contributed by atoms with Gasteiger partial charge in [0.15, 0.2) is 0 Å². The second-order valence-corrected chi connectivity index (χ2v) is 6.81. The van der Waals surface area contributed by atoms with Crippen LogP contribution in [0.15, 0.2) is 29.2 Å². The van der Waals surface area contributed by atoms with E-state index in [2.05, 4.69) is 4.72 Å².